The van der Waals surface area contributed by atoms with Gasteiger partial charge in [0.15, 0.2) is 0 Å². The van der Waals surface area contributed by atoms with Crippen LogP contribution in [0.5, 0.6) is 5.75 Å². The third-order valence-corrected chi connectivity index (χ3v) is 3.49. The molecule has 0 heterocycles. The van der Waals surface area contributed by atoms with Gasteiger partial charge in [0.1, 0.15) is 5.75 Å². The van der Waals surface area contributed by atoms with Gasteiger partial charge >= 0.3 is 0 Å². The smallest absolute Gasteiger partial charge is 0.118 e. The Kier molecular flexibility index (Phi) is 4.67. The Morgan fingerprint density at radius 1 is 1.00 bits per heavy atom. The van der Waals surface area contributed by atoms with Crippen molar-refractivity contribution < 1.29 is 4.74 Å². The fourth-order valence-corrected chi connectivity index (χ4v) is 2.52. The summed E-state index contributed by atoms with van der Waals surface area (Å²) in [5.74, 6) is 0.898. The van der Waals surface area contributed by atoms with Gasteiger partial charge in [-0.15, -0.1) is 0 Å². The molecule has 2 heteroatoms. The van der Waals surface area contributed by atoms with Gasteiger partial charge in [-0.05, 0) is 61.2 Å². The maximum Gasteiger partial charge on any atom is 0.118 e. The first kappa shape index (κ1) is 14.4. The van der Waals surface area contributed by atoms with E-state index >= 15 is 0 Å². The number of anilines is 1. The summed E-state index contributed by atoms with van der Waals surface area (Å²) in [6.45, 7) is 6.46. The van der Waals surface area contributed by atoms with Gasteiger partial charge in [0.05, 0.1) is 13.2 Å². The van der Waals surface area contributed by atoms with Crippen molar-refractivity contribution in [1.82, 2.24) is 0 Å². The predicted octanol–water partition coefficient (Wildman–Crippen LogP) is 4.88. The summed E-state index contributed by atoms with van der Waals surface area (Å²) >= 11 is 0. The van der Waals surface area contributed by atoms with E-state index in [4.69, 9.17) is 4.74 Å². The zero-order chi connectivity index (χ0) is 14.5. The monoisotopic (exact) mass is 269 g/mol. The van der Waals surface area contributed by atoms with Crippen LogP contribution in [0.2, 0.25) is 0 Å². The fraction of sp³-hybridized carbons (Fsp3) is 0.333. The molecule has 0 spiro atoms. The summed E-state index contributed by atoms with van der Waals surface area (Å²) < 4.78 is 5.21. The first-order valence-corrected chi connectivity index (χ1v) is 7.11. The van der Waals surface area contributed by atoms with Crippen molar-refractivity contribution in [3.63, 3.8) is 0 Å². The molecule has 2 rings (SSSR count). The van der Waals surface area contributed by atoms with E-state index in [0.717, 1.165) is 12.2 Å². The van der Waals surface area contributed by atoms with E-state index in [9.17, 15) is 0 Å². The molecule has 20 heavy (non-hydrogen) atoms. The molecule has 106 valence electrons. The Labute approximate surface area is 121 Å². The van der Waals surface area contributed by atoms with Gasteiger partial charge in [0.25, 0.3) is 0 Å². The van der Waals surface area contributed by atoms with Crippen molar-refractivity contribution in [2.45, 2.75) is 33.2 Å². The Balaban J connectivity index is 2.19. The molecular formula is C18H23NO. The molecule has 1 unspecified atom stereocenters. The maximum atomic E-state index is 5.21. The minimum Gasteiger partial charge on any atom is -0.497 e. The molecule has 0 saturated heterocycles. The van der Waals surface area contributed by atoms with E-state index in [0.29, 0.717) is 6.04 Å². The summed E-state index contributed by atoms with van der Waals surface area (Å²) in [5, 5.41) is 3.62. The summed E-state index contributed by atoms with van der Waals surface area (Å²) in [6, 6.07) is 15.2. The van der Waals surface area contributed by atoms with Crippen molar-refractivity contribution in [3.05, 3.63) is 59.2 Å². The van der Waals surface area contributed by atoms with Gasteiger partial charge in [0.2, 0.25) is 0 Å². The lowest BCUT2D eigenvalue weighted by molar-refractivity contribution is 0.414. The standard InChI is InChI=1S/C18H23NO/c1-5-18(15-6-8-17(20-4)9-7-15)19-16-11-13(2)10-14(3)12-16/h6-12,18-19H,5H2,1-4H3. The van der Waals surface area contributed by atoms with E-state index in [1.165, 1.54) is 22.4 Å². The van der Waals surface area contributed by atoms with Crippen molar-refractivity contribution in [2.24, 2.45) is 0 Å². The molecule has 0 aliphatic heterocycles. The lowest BCUT2D eigenvalue weighted by Crippen LogP contribution is -2.09. The molecule has 0 aromatic heterocycles. The Morgan fingerprint density at radius 2 is 1.60 bits per heavy atom. The second kappa shape index (κ2) is 6.47. The highest BCUT2D eigenvalue weighted by Gasteiger charge is 2.09. The number of methoxy groups -OCH3 is 1. The van der Waals surface area contributed by atoms with Gasteiger partial charge in [0, 0.05) is 5.69 Å². The van der Waals surface area contributed by atoms with E-state index in [2.05, 4.69) is 56.4 Å². The van der Waals surface area contributed by atoms with Crippen LogP contribution in [0.15, 0.2) is 42.5 Å². The highest BCUT2D eigenvalue weighted by Crippen LogP contribution is 2.25. The number of nitrogens with one attached hydrogen (secondary N) is 1. The van der Waals surface area contributed by atoms with Crippen LogP contribution in [0.1, 0.15) is 36.1 Å². The first-order valence-electron chi connectivity index (χ1n) is 7.11. The van der Waals surface area contributed by atoms with E-state index in [-0.39, 0.29) is 0 Å². The SMILES string of the molecule is CCC(Nc1cc(C)cc(C)c1)c1ccc(OC)cc1. The second-order valence-electron chi connectivity index (χ2n) is 5.25. The topological polar surface area (TPSA) is 21.3 Å². The summed E-state index contributed by atoms with van der Waals surface area (Å²) in [6.07, 6.45) is 1.04. The van der Waals surface area contributed by atoms with E-state index in [1.807, 2.05) is 12.1 Å². The number of benzene rings is 2. The molecule has 2 aromatic carbocycles. The molecule has 0 amide bonds. The third-order valence-electron chi connectivity index (χ3n) is 3.49. The largest absolute Gasteiger partial charge is 0.497 e. The number of ether oxygens (including phenoxy) is 1. The average Bonchev–Trinajstić information content (AvgIpc) is 2.44. The molecule has 0 saturated carbocycles. The molecule has 1 N–H and O–H groups in total. The quantitative estimate of drug-likeness (QED) is 0.835. The number of rotatable bonds is 5. The van der Waals surface area contributed by atoms with Crippen LogP contribution in [0.25, 0.3) is 0 Å². The molecule has 0 aliphatic rings. The zero-order valence-corrected chi connectivity index (χ0v) is 12.7. The van der Waals surface area contributed by atoms with Crippen LogP contribution >= 0.6 is 0 Å². The van der Waals surface area contributed by atoms with Crippen LogP contribution in [0.3, 0.4) is 0 Å². The highest BCUT2D eigenvalue weighted by atomic mass is 16.5. The molecule has 0 fully saturated rings. The van der Waals surface area contributed by atoms with Crippen molar-refractivity contribution in [1.29, 1.82) is 0 Å². The molecule has 1 atom stereocenters. The van der Waals surface area contributed by atoms with Gasteiger partial charge in [-0.25, -0.2) is 0 Å². The van der Waals surface area contributed by atoms with E-state index in [1.54, 1.807) is 7.11 Å². The normalized spacial score (nSPS) is 12.0. The lowest BCUT2D eigenvalue weighted by Gasteiger charge is -2.20. The minimum atomic E-state index is 0.321. The molecular weight excluding hydrogens is 246 g/mol. The summed E-state index contributed by atoms with van der Waals surface area (Å²) in [7, 11) is 1.69. The van der Waals surface area contributed by atoms with Gasteiger partial charge < -0.3 is 10.1 Å². The Bertz CT molecular complexity index is 540. The average molecular weight is 269 g/mol. The van der Waals surface area contributed by atoms with Crippen molar-refractivity contribution >= 4 is 5.69 Å². The number of hydrogen-bond donors (Lipinski definition) is 1. The fourth-order valence-electron chi connectivity index (χ4n) is 2.52. The predicted molar refractivity (Wildman–Crippen MR) is 85.6 cm³/mol. The molecule has 2 nitrogen and oxygen atoms in total. The Hall–Kier alpha value is -1.96. The second-order valence-corrected chi connectivity index (χ2v) is 5.25. The molecule has 2 aromatic rings. The first-order chi connectivity index (χ1) is 9.62. The van der Waals surface area contributed by atoms with Crippen LogP contribution in [-0.4, -0.2) is 7.11 Å². The lowest BCUT2D eigenvalue weighted by atomic mass is 10.0. The maximum absolute atomic E-state index is 5.21. The van der Waals surface area contributed by atoms with Crippen LogP contribution in [0, 0.1) is 13.8 Å². The molecule has 0 radical (unpaired) electrons. The van der Waals surface area contributed by atoms with E-state index < -0.39 is 0 Å². The minimum absolute atomic E-state index is 0.321. The van der Waals surface area contributed by atoms with Gasteiger partial charge in [-0.3, -0.25) is 0 Å². The third kappa shape index (κ3) is 3.53. The van der Waals surface area contributed by atoms with Crippen LogP contribution in [0.4, 0.5) is 5.69 Å². The summed E-state index contributed by atoms with van der Waals surface area (Å²) in [5.41, 5.74) is 5.05. The van der Waals surface area contributed by atoms with Crippen LogP contribution < -0.4 is 10.1 Å². The number of hydrogen-bond acceptors (Lipinski definition) is 2. The molecule has 0 bridgehead atoms. The van der Waals surface area contributed by atoms with Crippen LogP contribution in [-0.2, 0) is 0 Å². The van der Waals surface area contributed by atoms with Crippen molar-refractivity contribution in [3.8, 4) is 5.75 Å². The Morgan fingerprint density at radius 3 is 2.10 bits per heavy atom. The molecule has 0 aliphatic carbocycles. The highest BCUT2D eigenvalue weighted by molar-refractivity contribution is 5.50. The number of aryl methyl sites for hydroxylation is 2. The van der Waals surface area contributed by atoms with Gasteiger partial charge in [-0.1, -0.05) is 25.1 Å². The van der Waals surface area contributed by atoms with Gasteiger partial charge in [-0.2, -0.15) is 0 Å². The zero-order valence-electron chi connectivity index (χ0n) is 12.7. The summed E-state index contributed by atoms with van der Waals surface area (Å²) in [4.78, 5) is 0. The van der Waals surface area contributed by atoms with Crippen molar-refractivity contribution in [2.75, 3.05) is 12.4 Å².